The number of hydrogen-bond acceptors (Lipinski definition) is 4. The van der Waals surface area contributed by atoms with Gasteiger partial charge in [-0.1, -0.05) is 6.92 Å². The number of fused-ring (bicyclic) bond motifs is 5. The van der Waals surface area contributed by atoms with E-state index in [1.807, 2.05) is 14.0 Å². The van der Waals surface area contributed by atoms with Gasteiger partial charge in [-0.3, -0.25) is 4.79 Å². The van der Waals surface area contributed by atoms with Crippen molar-refractivity contribution in [2.45, 2.75) is 83.8 Å². The number of aliphatic hydroxyl groups is 1. The second kappa shape index (κ2) is 7.90. The molecule has 0 saturated heterocycles. The Morgan fingerprint density at radius 3 is 2.72 bits per heavy atom. The van der Waals surface area contributed by atoms with E-state index in [4.69, 9.17) is 4.74 Å². The van der Waals surface area contributed by atoms with Gasteiger partial charge in [-0.2, -0.15) is 4.39 Å². The molecule has 1 aromatic heterocycles. The number of ether oxygens (including phenoxy) is 1. The number of aromatic nitrogens is 2. The van der Waals surface area contributed by atoms with Crippen LogP contribution in [0.5, 0.6) is 0 Å². The van der Waals surface area contributed by atoms with E-state index < -0.39 is 11.5 Å². The fourth-order valence-corrected chi connectivity index (χ4v) is 9.02. The van der Waals surface area contributed by atoms with Crippen molar-refractivity contribution in [3.8, 4) is 0 Å². The first kappa shape index (κ1) is 22.5. The van der Waals surface area contributed by atoms with Gasteiger partial charge in [0.15, 0.2) is 5.78 Å². The molecule has 0 radical (unpaired) electrons. The van der Waals surface area contributed by atoms with E-state index in [9.17, 15) is 14.3 Å². The Labute approximate surface area is 191 Å². The molecule has 1 heterocycles. The first-order valence-corrected chi connectivity index (χ1v) is 12.6. The molecule has 1 N–H and O–H groups in total. The number of carbonyl (C=O) groups excluding carboxylic acids is 1. The SMILES string of the molecule is COC[C@]12CC[C@@](C)(O)C[C@H]1CC[C@H]1[C@@H]3CC[C@H](C(=O)Cn4cnc(F)c4)[C@@]3(C)CC[C@@H]12. The number of imidazole rings is 1. The molecular formula is C26H39FN2O3. The molecule has 178 valence electrons. The van der Waals surface area contributed by atoms with Crippen molar-refractivity contribution < 1.29 is 19.0 Å². The Morgan fingerprint density at radius 1 is 1.19 bits per heavy atom. The third-order valence-corrected chi connectivity index (χ3v) is 10.4. The van der Waals surface area contributed by atoms with Crippen LogP contribution in [-0.2, 0) is 16.1 Å². The summed E-state index contributed by atoms with van der Waals surface area (Å²) in [6.07, 6.45) is 12.2. The maximum Gasteiger partial charge on any atom is 0.230 e. The molecule has 0 aromatic carbocycles. The number of methoxy groups -OCH3 is 1. The fraction of sp³-hybridized carbons (Fsp3) is 0.846. The van der Waals surface area contributed by atoms with Crippen molar-refractivity contribution in [1.29, 1.82) is 0 Å². The Morgan fingerprint density at radius 2 is 2.00 bits per heavy atom. The van der Waals surface area contributed by atoms with Gasteiger partial charge < -0.3 is 14.4 Å². The summed E-state index contributed by atoms with van der Waals surface area (Å²) < 4.78 is 20.7. The van der Waals surface area contributed by atoms with E-state index in [1.54, 1.807) is 4.57 Å². The lowest BCUT2D eigenvalue weighted by Gasteiger charge is -2.62. The van der Waals surface area contributed by atoms with Crippen LogP contribution < -0.4 is 0 Å². The van der Waals surface area contributed by atoms with Crippen LogP contribution in [0.3, 0.4) is 0 Å². The van der Waals surface area contributed by atoms with Crippen molar-refractivity contribution in [1.82, 2.24) is 9.55 Å². The van der Waals surface area contributed by atoms with Crippen molar-refractivity contribution in [3.63, 3.8) is 0 Å². The van der Waals surface area contributed by atoms with Gasteiger partial charge >= 0.3 is 0 Å². The number of rotatable bonds is 5. The normalized spacial score (nSPS) is 45.7. The van der Waals surface area contributed by atoms with E-state index in [0.29, 0.717) is 23.7 Å². The van der Waals surface area contributed by atoms with E-state index in [0.717, 1.165) is 51.6 Å². The molecule has 0 bridgehead atoms. The highest BCUT2D eigenvalue weighted by Crippen LogP contribution is 2.68. The van der Waals surface area contributed by atoms with Crippen LogP contribution in [0.4, 0.5) is 4.39 Å². The molecule has 32 heavy (non-hydrogen) atoms. The summed E-state index contributed by atoms with van der Waals surface area (Å²) in [4.78, 5) is 16.9. The average Bonchev–Trinajstić information content (AvgIpc) is 3.30. The summed E-state index contributed by atoms with van der Waals surface area (Å²) >= 11 is 0. The number of nitrogens with zero attached hydrogens (tertiary/aromatic N) is 2. The van der Waals surface area contributed by atoms with E-state index >= 15 is 0 Å². The van der Waals surface area contributed by atoms with Crippen LogP contribution in [0.1, 0.15) is 71.6 Å². The van der Waals surface area contributed by atoms with Gasteiger partial charge in [0.1, 0.15) is 0 Å². The maximum atomic E-state index is 13.3. The highest BCUT2D eigenvalue weighted by atomic mass is 19.1. The molecule has 6 heteroatoms. The van der Waals surface area contributed by atoms with E-state index in [2.05, 4.69) is 11.9 Å². The van der Waals surface area contributed by atoms with Crippen LogP contribution in [0.25, 0.3) is 0 Å². The zero-order chi connectivity index (χ0) is 22.7. The summed E-state index contributed by atoms with van der Waals surface area (Å²) in [5.74, 6) is 2.15. The molecule has 4 fully saturated rings. The van der Waals surface area contributed by atoms with Crippen LogP contribution in [0.15, 0.2) is 12.5 Å². The van der Waals surface area contributed by atoms with Gasteiger partial charge in [0.25, 0.3) is 0 Å². The lowest BCUT2D eigenvalue weighted by Crippen LogP contribution is -2.58. The molecule has 0 spiro atoms. The number of ketones is 1. The largest absolute Gasteiger partial charge is 0.390 e. The van der Waals surface area contributed by atoms with E-state index in [-0.39, 0.29) is 29.1 Å². The van der Waals surface area contributed by atoms with Gasteiger partial charge in [0.05, 0.1) is 31.3 Å². The smallest absolute Gasteiger partial charge is 0.230 e. The summed E-state index contributed by atoms with van der Waals surface area (Å²) in [6, 6.07) is 0. The Hall–Kier alpha value is -1.27. The molecule has 4 saturated carbocycles. The first-order valence-electron chi connectivity index (χ1n) is 12.6. The second-order valence-electron chi connectivity index (χ2n) is 12.0. The molecule has 4 aliphatic carbocycles. The minimum atomic E-state index is -0.546. The Bertz CT molecular complexity index is 869. The number of carbonyl (C=O) groups is 1. The fourth-order valence-electron chi connectivity index (χ4n) is 9.02. The predicted octanol–water partition coefficient (Wildman–Crippen LogP) is 4.63. The molecule has 1 aromatic rings. The monoisotopic (exact) mass is 446 g/mol. The zero-order valence-corrected chi connectivity index (χ0v) is 19.9. The van der Waals surface area contributed by atoms with Crippen molar-refractivity contribution in [2.24, 2.45) is 40.4 Å². The van der Waals surface area contributed by atoms with Gasteiger partial charge in [0.2, 0.25) is 5.95 Å². The summed E-state index contributed by atoms with van der Waals surface area (Å²) in [6.45, 7) is 5.39. The van der Waals surface area contributed by atoms with E-state index in [1.165, 1.54) is 25.4 Å². The van der Waals surface area contributed by atoms with Crippen LogP contribution in [0, 0.1) is 46.4 Å². The minimum Gasteiger partial charge on any atom is -0.390 e. The topological polar surface area (TPSA) is 64.3 Å². The predicted molar refractivity (Wildman–Crippen MR) is 119 cm³/mol. The van der Waals surface area contributed by atoms with Gasteiger partial charge in [-0.25, -0.2) is 4.98 Å². The van der Waals surface area contributed by atoms with Crippen molar-refractivity contribution in [3.05, 3.63) is 18.5 Å². The summed E-state index contributed by atoms with van der Waals surface area (Å²) in [7, 11) is 1.83. The highest BCUT2D eigenvalue weighted by molar-refractivity contribution is 5.82. The Balaban J connectivity index is 1.37. The quantitative estimate of drug-likeness (QED) is 0.716. The highest BCUT2D eigenvalue weighted by Gasteiger charge is 2.63. The molecule has 4 aliphatic rings. The number of Topliss-reactive ketones (excluding diaryl/α,β-unsaturated/α-hetero) is 1. The van der Waals surface area contributed by atoms with Crippen molar-refractivity contribution >= 4 is 5.78 Å². The Kier molecular flexibility index (Phi) is 5.56. The minimum absolute atomic E-state index is 0.0403. The lowest BCUT2D eigenvalue weighted by molar-refractivity contribution is -0.175. The molecule has 0 amide bonds. The first-order chi connectivity index (χ1) is 15.2. The molecule has 0 aliphatic heterocycles. The lowest BCUT2D eigenvalue weighted by atomic mass is 9.43. The van der Waals surface area contributed by atoms with Crippen molar-refractivity contribution in [2.75, 3.05) is 13.7 Å². The molecule has 5 nitrogen and oxygen atoms in total. The van der Waals surface area contributed by atoms with Crippen LogP contribution >= 0.6 is 0 Å². The van der Waals surface area contributed by atoms with Gasteiger partial charge in [-0.05, 0) is 99.2 Å². The van der Waals surface area contributed by atoms with Gasteiger partial charge in [-0.15, -0.1) is 0 Å². The average molecular weight is 447 g/mol. The number of halogens is 1. The van der Waals surface area contributed by atoms with Crippen LogP contribution in [0.2, 0.25) is 0 Å². The third kappa shape index (κ3) is 3.48. The number of hydrogen-bond donors (Lipinski definition) is 1. The second-order valence-corrected chi connectivity index (χ2v) is 12.0. The summed E-state index contributed by atoms with van der Waals surface area (Å²) in [5, 5.41) is 10.8. The zero-order valence-electron chi connectivity index (χ0n) is 19.9. The summed E-state index contributed by atoms with van der Waals surface area (Å²) in [5.41, 5.74) is -0.327. The molecular weight excluding hydrogens is 407 g/mol. The molecule has 0 unspecified atom stereocenters. The standard InChI is InChI=1S/C26H39FN2O3/c1-24(31)10-11-26(15-32-3)17(12-24)4-5-18-19-6-7-21(25(19,2)9-8-20(18)26)22(30)13-29-14-23(27)28-16-29/h14,16-21,31H,4-13,15H2,1-3H3/t17-,18+,19+,20+,21-,24-,25+,26-/m1/s1. The molecule has 5 rings (SSSR count). The third-order valence-electron chi connectivity index (χ3n) is 10.4. The molecule has 8 atom stereocenters. The maximum absolute atomic E-state index is 13.3. The van der Waals surface area contributed by atoms with Gasteiger partial charge in [0, 0.05) is 13.0 Å². The van der Waals surface area contributed by atoms with Crippen LogP contribution in [-0.4, -0.2) is 39.8 Å².